The van der Waals surface area contributed by atoms with Crippen LogP contribution in [0.15, 0.2) is 18.2 Å². The summed E-state index contributed by atoms with van der Waals surface area (Å²) in [6.45, 7) is 1.74. The Hall–Kier alpha value is -0.610. The highest BCUT2D eigenvalue weighted by Crippen LogP contribution is 2.23. The Kier molecular flexibility index (Phi) is 3.82. The molecule has 2 rings (SSSR count). The van der Waals surface area contributed by atoms with Gasteiger partial charge in [-0.25, -0.2) is 0 Å². The zero-order valence-corrected chi connectivity index (χ0v) is 10.0. The van der Waals surface area contributed by atoms with Gasteiger partial charge in [0.15, 0.2) is 5.78 Å². The normalized spacial score (nSPS) is 20.8. The van der Waals surface area contributed by atoms with E-state index < -0.39 is 0 Å². The highest BCUT2D eigenvalue weighted by Gasteiger charge is 2.22. The minimum Gasteiger partial charge on any atom is -0.378 e. The van der Waals surface area contributed by atoms with E-state index in [1.807, 2.05) is 0 Å². The first-order valence-corrected chi connectivity index (χ1v) is 5.74. The summed E-state index contributed by atoms with van der Waals surface area (Å²) < 4.78 is 5.24. The lowest BCUT2D eigenvalue weighted by molar-refractivity contribution is 0.0607. The molecule has 3 nitrogen and oxygen atoms in total. The van der Waals surface area contributed by atoms with E-state index in [-0.39, 0.29) is 11.8 Å². The summed E-state index contributed by atoms with van der Waals surface area (Å²) >= 11 is 11.6. The number of benzene rings is 1. The molecular weight excluding hydrogens is 249 g/mol. The minimum atomic E-state index is -0.286. The number of carbonyl (C=O) groups is 1. The monoisotopic (exact) mass is 259 g/mol. The van der Waals surface area contributed by atoms with Crippen molar-refractivity contribution in [1.29, 1.82) is 0 Å². The Morgan fingerprint density at radius 2 is 2.19 bits per heavy atom. The molecule has 0 aromatic heterocycles. The van der Waals surface area contributed by atoms with E-state index in [0.717, 1.165) is 0 Å². The van der Waals surface area contributed by atoms with E-state index in [4.69, 9.17) is 27.9 Å². The van der Waals surface area contributed by atoms with E-state index in [1.165, 1.54) is 0 Å². The number of rotatable bonds is 2. The third-order valence-corrected chi connectivity index (χ3v) is 3.18. The molecule has 86 valence electrons. The average Bonchev–Trinajstić information content (AvgIpc) is 2.33. The molecule has 1 N–H and O–H groups in total. The summed E-state index contributed by atoms with van der Waals surface area (Å²) in [6.07, 6.45) is 0. The number of ether oxygens (including phenoxy) is 1. The van der Waals surface area contributed by atoms with Crippen molar-refractivity contribution >= 4 is 29.0 Å². The van der Waals surface area contributed by atoms with Crippen LogP contribution < -0.4 is 5.32 Å². The molecule has 1 aromatic carbocycles. The van der Waals surface area contributed by atoms with E-state index >= 15 is 0 Å². The molecule has 0 amide bonds. The summed E-state index contributed by atoms with van der Waals surface area (Å²) in [5.41, 5.74) is 0.553. The molecule has 1 saturated heterocycles. The minimum absolute atomic E-state index is 0.0155. The van der Waals surface area contributed by atoms with E-state index in [0.29, 0.717) is 35.4 Å². The lowest BCUT2D eigenvalue weighted by Gasteiger charge is -2.22. The lowest BCUT2D eigenvalue weighted by atomic mass is 10.0. The van der Waals surface area contributed by atoms with Crippen LogP contribution in [-0.2, 0) is 4.74 Å². The average molecular weight is 260 g/mol. The van der Waals surface area contributed by atoms with Gasteiger partial charge in [0.25, 0.3) is 0 Å². The van der Waals surface area contributed by atoms with Gasteiger partial charge in [0.2, 0.25) is 0 Å². The Bertz CT molecular complexity index is 403. The quantitative estimate of drug-likeness (QED) is 0.828. The van der Waals surface area contributed by atoms with Gasteiger partial charge in [-0.2, -0.15) is 0 Å². The maximum Gasteiger partial charge on any atom is 0.182 e. The van der Waals surface area contributed by atoms with Crippen LogP contribution in [0.25, 0.3) is 0 Å². The van der Waals surface area contributed by atoms with Crippen LogP contribution in [0, 0.1) is 0 Å². The van der Waals surface area contributed by atoms with Crippen molar-refractivity contribution in [1.82, 2.24) is 5.32 Å². The molecule has 16 heavy (non-hydrogen) atoms. The summed E-state index contributed by atoms with van der Waals surface area (Å²) in [4.78, 5) is 12.0. The second-order valence-corrected chi connectivity index (χ2v) is 4.39. The van der Waals surface area contributed by atoms with Gasteiger partial charge in [-0.05, 0) is 18.2 Å². The third kappa shape index (κ3) is 2.55. The second kappa shape index (κ2) is 5.15. The zero-order valence-electron chi connectivity index (χ0n) is 8.50. The number of halogens is 2. The van der Waals surface area contributed by atoms with Gasteiger partial charge in [0, 0.05) is 12.1 Å². The number of carbonyl (C=O) groups excluding carboxylic acids is 1. The highest BCUT2D eigenvalue weighted by molar-refractivity contribution is 6.42. The van der Waals surface area contributed by atoms with E-state index in [1.54, 1.807) is 18.2 Å². The first-order valence-electron chi connectivity index (χ1n) is 4.99. The van der Waals surface area contributed by atoms with Crippen LogP contribution in [0.2, 0.25) is 10.0 Å². The lowest BCUT2D eigenvalue weighted by Crippen LogP contribution is -2.46. The number of Topliss-reactive ketones (excluding diaryl/α,β-unsaturated/α-hetero) is 1. The van der Waals surface area contributed by atoms with Gasteiger partial charge in [-0.3, -0.25) is 4.79 Å². The standard InChI is InChI=1S/C11H11Cl2NO2/c12-8-2-1-7(5-9(8)13)11(15)10-6-16-4-3-14-10/h1-2,5,10,14H,3-4,6H2. The molecule has 5 heteroatoms. The number of ketones is 1. The predicted molar refractivity (Wildman–Crippen MR) is 63.4 cm³/mol. The number of hydrogen-bond donors (Lipinski definition) is 1. The van der Waals surface area contributed by atoms with Crippen molar-refractivity contribution < 1.29 is 9.53 Å². The molecule has 0 saturated carbocycles. The molecule has 0 radical (unpaired) electrons. The van der Waals surface area contributed by atoms with Gasteiger partial charge in [0.1, 0.15) is 0 Å². The van der Waals surface area contributed by atoms with Crippen LogP contribution in [0.4, 0.5) is 0 Å². The van der Waals surface area contributed by atoms with Crippen molar-refractivity contribution in [2.75, 3.05) is 19.8 Å². The van der Waals surface area contributed by atoms with Crippen LogP contribution >= 0.6 is 23.2 Å². The summed E-state index contributed by atoms with van der Waals surface area (Å²) in [5.74, 6) is -0.0155. The molecule has 1 aliphatic rings. The zero-order chi connectivity index (χ0) is 11.5. The van der Waals surface area contributed by atoms with Crippen molar-refractivity contribution in [2.24, 2.45) is 0 Å². The van der Waals surface area contributed by atoms with Gasteiger partial charge in [0.05, 0.1) is 29.3 Å². The van der Waals surface area contributed by atoms with E-state index in [9.17, 15) is 4.79 Å². The Morgan fingerprint density at radius 3 is 2.81 bits per heavy atom. The smallest absolute Gasteiger partial charge is 0.182 e. The largest absolute Gasteiger partial charge is 0.378 e. The van der Waals surface area contributed by atoms with Gasteiger partial charge >= 0.3 is 0 Å². The Morgan fingerprint density at radius 1 is 1.38 bits per heavy atom. The highest BCUT2D eigenvalue weighted by atomic mass is 35.5. The topological polar surface area (TPSA) is 38.3 Å². The van der Waals surface area contributed by atoms with E-state index in [2.05, 4.69) is 5.32 Å². The number of hydrogen-bond acceptors (Lipinski definition) is 3. The maximum atomic E-state index is 12.0. The van der Waals surface area contributed by atoms with Gasteiger partial charge in [-0.15, -0.1) is 0 Å². The molecular formula is C11H11Cl2NO2. The molecule has 1 fully saturated rings. The third-order valence-electron chi connectivity index (χ3n) is 2.44. The van der Waals surface area contributed by atoms with Crippen molar-refractivity contribution in [3.05, 3.63) is 33.8 Å². The molecule has 1 aliphatic heterocycles. The first kappa shape index (κ1) is 11.9. The summed E-state index contributed by atoms with van der Waals surface area (Å²) in [5, 5.41) is 3.94. The van der Waals surface area contributed by atoms with Crippen LogP contribution in [0.5, 0.6) is 0 Å². The Labute approximate surface area is 104 Å². The molecule has 0 bridgehead atoms. The predicted octanol–water partition coefficient (Wildman–Crippen LogP) is 2.16. The molecule has 0 aliphatic carbocycles. The van der Waals surface area contributed by atoms with Crippen molar-refractivity contribution in [3.8, 4) is 0 Å². The fraction of sp³-hybridized carbons (Fsp3) is 0.364. The fourth-order valence-electron chi connectivity index (χ4n) is 1.58. The fourth-order valence-corrected chi connectivity index (χ4v) is 1.88. The molecule has 1 heterocycles. The Balaban J connectivity index is 2.16. The van der Waals surface area contributed by atoms with Crippen LogP contribution in [0.1, 0.15) is 10.4 Å². The molecule has 1 aromatic rings. The van der Waals surface area contributed by atoms with Crippen molar-refractivity contribution in [2.45, 2.75) is 6.04 Å². The maximum absolute atomic E-state index is 12.0. The summed E-state index contributed by atoms with van der Waals surface area (Å²) in [7, 11) is 0. The molecule has 1 atom stereocenters. The van der Waals surface area contributed by atoms with Crippen molar-refractivity contribution in [3.63, 3.8) is 0 Å². The number of morpholine rings is 1. The van der Waals surface area contributed by atoms with Gasteiger partial charge < -0.3 is 10.1 Å². The SMILES string of the molecule is O=C(c1ccc(Cl)c(Cl)c1)C1COCCN1. The summed E-state index contributed by atoms with van der Waals surface area (Å²) in [6, 6.07) is 4.60. The second-order valence-electron chi connectivity index (χ2n) is 3.57. The molecule has 0 spiro atoms. The first-order chi connectivity index (χ1) is 7.68. The van der Waals surface area contributed by atoms with Gasteiger partial charge in [-0.1, -0.05) is 23.2 Å². The van der Waals surface area contributed by atoms with Crippen LogP contribution in [-0.4, -0.2) is 31.6 Å². The number of nitrogens with one attached hydrogen (secondary N) is 1. The molecule has 1 unspecified atom stereocenters. The van der Waals surface area contributed by atoms with Crippen LogP contribution in [0.3, 0.4) is 0 Å².